The summed E-state index contributed by atoms with van der Waals surface area (Å²) in [5.74, 6) is -0.520. The Labute approximate surface area is 166 Å². The third kappa shape index (κ3) is 3.84. The molecule has 0 saturated carbocycles. The summed E-state index contributed by atoms with van der Waals surface area (Å²) < 4.78 is 10.3. The number of rotatable bonds is 6. The zero-order valence-corrected chi connectivity index (χ0v) is 16.2. The van der Waals surface area contributed by atoms with Crippen LogP contribution in [-0.4, -0.2) is 31.4 Å². The summed E-state index contributed by atoms with van der Waals surface area (Å²) in [4.78, 5) is 16.0. The number of anilines is 1. The molecule has 0 bridgehead atoms. The number of hydrogen-bond donors (Lipinski definition) is 1. The molecule has 3 aromatic rings. The van der Waals surface area contributed by atoms with Crippen LogP contribution in [0.3, 0.4) is 0 Å². The number of halogens is 1. The lowest BCUT2D eigenvalue weighted by atomic mass is 10.1. The highest BCUT2D eigenvalue weighted by molar-refractivity contribution is 6.31. The second-order valence-electron chi connectivity index (χ2n) is 5.91. The van der Waals surface area contributed by atoms with Gasteiger partial charge in [-0.1, -0.05) is 11.6 Å². The highest BCUT2D eigenvalue weighted by Crippen LogP contribution is 2.32. The van der Waals surface area contributed by atoms with E-state index in [0.29, 0.717) is 16.4 Å². The van der Waals surface area contributed by atoms with Gasteiger partial charge in [-0.05, 0) is 48.9 Å². The van der Waals surface area contributed by atoms with E-state index >= 15 is 0 Å². The van der Waals surface area contributed by atoms with Crippen molar-refractivity contribution in [1.82, 2.24) is 4.98 Å². The van der Waals surface area contributed by atoms with Crippen LogP contribution in [0.4, 0.5) is 5.82 Å². The van der Waals surface area contributed by atoms with Gasteiger partial charge >= 0.3 is 0 Å². The molecule has 0 atom stereocenters. The quantitative estimate of drug-likeness (QED) is 0.506. The van der Waals surface area contributed by atoms with Crippen molar-refractivity contribution in [2.45, 2.75) is 6.92 Å². The molecule has 0 spiro atoms. The van der Waals surface area contributed by atoms with Crippen LogP contribution in [-0.2, 0) is 0 Å². The van der Waals surface area contributed by atoms with Crippen LogP contribution in [0.1, 0.15) is 21.5 Å². The minimum atomic E-state index is -1.39. The number of carboxylic acid groups (broad SMARTS) is 1. The first-order valence-electron chi connectivity index (χ1n) is 8.27. The number of nitrogens with one attached hydrogen (secondary N) is 1. The summed E-state index contributed by atoms with van der Waals surface area (Å²) in [5, 5.41) is 17.3. The number of fused-ring (bicyclic) bond motifs is 1. The monoisotopic (exact) mass is 398 g/mol. The smallest absolute Gasteiger partial charge is 0.170 e. The maximum Gasteiger partial charge on any atom is 0.170 e. The topological polar surface area (TPSA) is 95.9 Å². The van der Waals surface area contributed by atoms with Gasteiger partial charge in [-0.2, -0.15) is 5.10 Å². The van der Waals surface area contributed by atoms with Gasteiger partial charge in [0, 0.05) is 16.0 Å². The number of nitrogens with zero attached hydrogens (tertiary/aromatic N) is 2. The minimum Gasteiger partial charge on any atom is -0.545 e. The molecule has 2 aromatic carbocycles. The van der Waals surface area contributed by atoms with Crippen molar-refractivity contribution in [1.29, 1.82) is 0 Å². The molecule has 8 heteroatoms. The molecule has 28 heavy (non-hydrogen) atoms. The van der Waals surface area contributed by atoms with Gasteiger partial charge in [-0.15, -0.1) is 0 Å². The van der Waals surface area contributed by atoms with Crippen molar-refractivity contribution in [2.75, 3.05) is 19.6 Å². The number of benzene rings is 2. The summed E-state index contributed by atoms with van der Waals surface area (Å²) in [6.45, 7) is 1.94. The van der Waals surface area contributed by atoms with E-state index in [4.69, 9.17) is 21.1 Å². The third-order valence-electron chi connectivity index (χ3n) is 4.14. The number of methoxy groups -OCH3 is 2. The number of ether oxygens (including phenoxy) is 2. The third-order valence-corrected chi connectivity index (χ3v) is 4.38. The molecule has 1 heterocycles. The molecule has 1 aromatic heterocycles. The number of pyridine rings is 1. The highest BCUT2D eigenvalue weighted by Gasteiger charge is 2.15. The number of carbonyl (C=O) groups excluding carboxylic acids is 1. The summed E-state index contributed by atoms with van der Waals surface area (Å²) in [6, 6.07) is 10.4. The lowest BCUT2D eigenvalue weighted by Crippen LogP contribution is -2.25. The van der Waals surface area contributed by atoms with E-state index in [2.05, 4.69) is 15.5 Å². The molecular formula is C20H17ClN3O4-. The Morgan fingerprint density at radius 2 is 2.00 bits per heavy atom. The fraction of sp³-hybridized carbons (Fsp3) is 0.150. The SMILES string of the molecule is COc1ccc(/C=N\Nc2cc(C)c3cc(Cl)ccc3n2)c(C(=O)[O-])c1OC. The predicted octanol–water partition coefficient (Wildman–Crippen LogP) is 3.02. The molecule has 0 amide bonds. The van der Waals surface area contributed by atoms with Crippen LogP contribution >= 0.6 is 11.6 Å². The largest absolute Gasteiger partial charge is 0.545 e. The molecule has 0 unspecified atom stereocenters. The van der Waals surface area contributed by atoms with E-state index in [1.807, 2.05) is 25.1 Å². The molecule has 0 fully saturated rings. The zero-order chi connectivity index (χ0) is 20.3. The average Bonchev–Trinajstić information content (AvgIpc) is 2.67. The van der Waals surface area contributed by atoms with Crippen LogP contribution in [0, 0.1) is 6.92 Å². The van der Waals surface area contributed by atoms with Crippen molar-refractivity contribution in [3.63, 3.8) is 0 Å². The summed E-state index contributed by atoms with van der Waals surface area (Å²) in [7, 11) is 2.78. The molecule has 0 aliphatic rings. The van der Waals surface area contributed by atoms with Crippen LogP contribution in [0.25, 0.3) is 10.9 Å². The number of aromatic nitrogens is 1. The normalized spacial score (nSPS) is 11.0. The van der Waals surface area contributed by atoms with Gasteiger partial charge < -0.3 is 19.4 Å². The molecule has 0 saturated heterocycles. The Hall–Kier alpha value is -3.32. The number of hydrazone groups is 1. The van der Waals surface area contributed by atoms with E-state index in [-0.39, 0.29) is 17.1 Å². The first-order valence-corrected chi connectivity index (χ1v) is 8.64. The Kier molecular flexibility index (Phi) is 5.65. The van der Waals surface area contributed by atoms with E-state index in [1.54, 1.807) is 18.2 Å². The van der Waals surface area contributed by atoms with E-state index < -0.39 is 5.97 Å². The standard InChI is InChI=1S/C20H18ClN3O4/c1-11-8-17(23-15-6-5-13(21)9-14(11)15)24-22-10-12-4-7-16(27-2)19(28-3)18(12)20(25)26/h4-10H,1-3H3,(H,23,24)(H,25,26)/p-1/b22-10-. The van der Waals surface area contributed by atoms with Crippen molar-refractivity contribution in [3.8, 4) is 11.5 Å². The van der Waals surface area contributed by atoms with Gasteiger partial charge in [0.2, 0.25) is 0 Å². The van der Waals surface area contributed by atoms with E-state index in [0.717, 1.165) is 16.5 Å². The second-order valence-corrected chi connectivity index (χ2v) is 6.35. The first-order chi connectivity index (χ1) is 13.4. The molecule has 3 rings (SSSR count). The number of carbonyl (C=O) groups is 1. The molecule has 0 aliphatic carbocycles. The van der Waals surface area contributed by atoms with Crippen LogP contribution in [0.15, 0.2) is 41.5 Å². The van der Waals surface area contributed by atoms with Crippen molar-refractivity contribution in [3.05, 3.63) is 58.1 Å². The maximum atomic E-state index is 11.6. The van der Waals surface area contributed by atoms with E-state index in [1.165, 1.54) is 20.4 Å². The van der Waals surface area contributed by atoms with Gasteiger partial charge in [0.15, 0.2) is 11.5 Å². The highest BCUT2D eigenvalue weighted by atomic mass is 35.5. The second kappa shape index (κ2) is 8.14. The fourth-order valence-corrected chi connectivity index (χ4v) is 3.02. The lowest BCUT2D eigenvalue weighted by molar-refractivity contribution is -0.255. The predicted molar refractivity (Wildman–Crippen MR) is 107 cm³/mol. The first kappa shape index (κ1) is 19.4. The van der Waals surface area contributed by atoms with Gasteiger partial charge in [-0.25, -0.2) is 4.98 Å². The van der Waals surface area contributed by atoms with Crippen LogP contribution in [0.5, 0.6) is 11.5 Å². The molecule has 1 N–H and O–H groups in total. The lowest BCUT2D eigenvalue weighted by Gasteiger charge is -2.15. The maximum absolute atomic E-state index is 11.6. The number of hydrogen-bond acceptors (Lipinski definition) is 7. The van der Waals surface area contributed by atoms with Gasteiger partial charge in [0.25, 0.3) is 0 Å². The summed E-state index contributed by atoms with van der Waals surface area (Å²) in [6.07, 6.45) is 1.36. The Morgan fingerprint density at radius 1 is 1.21 bits per heavy atom. The minimum absolute atomic E-state index is 0.0722. The number of aromatic carboxylic acids is 1. The summed E-state index contributed by atoms with van der Waals surface area (Å²) >= 11 is 6.03. The van der Waals surface area contributed by atoms with Crippen molar-refractivity contribution < 1.29 is 19.4 Å². The Balaban J connectivity index is 1.92. The van der Waals surface area contributed by atoms with Gasteiger partial charge in [-0.3, -0.25) is 5.43 Å². The van der Waals surface area contributed by atoms with Crippen LogP contribution < -0.4 is 20.0 Å². The fourth-order valence-electron chi connectivity index (χ4n) is 2.85. The van der Waals surface area contributed by atoms with E-state index in [9.17, 15) is 9.90 Å². The molecule has 0 aliphatic heterocycles. The van der Waals surface area contributed by atoms with Crippen molar-refractivity contribution in [2.24, 2.45) is 5.10 Å². The van der Waals surface area contributed by atoms with Crippen LogP contribution in [0.2, 0.25) is 5.02 Å². The molecule has 7 nitrogen and oxygen atoms in total. The number of aryl methyl sites for hydroxylation is 1. The molecular weight excluding hydrogens is 382 g/mol. The van der Waals surface area contributed by atoms with Crippen molar-refractivity contribution >= 4 is 40.5 Å². The summed E-state index contributed by atoms with van der Waals surface area (Å²) in [5.41, 5.74) is 4.71. The molecule has 0 radical (unpaired) electrons. The van der Waals surface area contributed by atoms with Gasteiger partial charge in [0.1, 0.15) is 5.82 Å². The Bertz CT molecular complexity index is 1080. The number of carboxylic acids is 1. The average molecular weight is 399 g/mol. The Morgan fingerprint density at radius 3 is 2.68 bits per heavy atom. The zero-order valence-electron chi connectivity index (χ0n) is 15.4. The molecule has 144 valence electrons. The van der Waals surface area contributed by atoms with Gasteiger partial charge in [0.05, 0.1) is 37.5 Å².